The molecule has 8 heteroatoms. The van der Waals surface area contributed by atoms with Crippen LogP contribution in [0, 0.1) is 0 Å². The van der Waals surface area contributed by atoms with Gasteiger partial charge < -0.3 is 14.5 Å². The highest BCUT2D eigenvalue weighted by Gasteiger charge is 2.47. The minimum atomic E-state index is -0.572. The largest absolute Gasteiger partial charge is 0.439 e. The molecule has 0 bridgehead atoms. The number of hydrogen-bond donors (Lipinski definition) is 1. The Labute approximate surface area is 132 Å². The van der Waals surface area contributed by atoms with Crippen molar-refractivity contribution in [1.82, 2.24) is 25.2 Å². The Morgan fingerprint density at radius 1 is 1.30 bits per heavy atom. The lowest BCUT2D eigenvalue weighted by Crippen LogP contribution is -2.52. The summed E-state index contributed by atoms with van der Waals surface area (Å²) in [4.78, 5) is 27.8. The van der Waals surface area contributed by atoms with Crippen LogP contribution in [0.3, 0.4) is 0 Å². The Balaban J connectivity index is 1.57. The second kappa shape index (κ2) is 4.94. The summed E-state index contributed by atoms with van der Waals surface area (Å²) in [6.07, 6.45) is 1.29. The predicted molar refractivity (Wildman–Crippen MR) is 80.9 cm³/mol. The molecular weight excluding hydrogens is 298 g/mol. The van der Waals surface area contributed by atoms with Gasteiger partial charge in [-0.2, -0.15) is 15.4 Å². The van der Waals surface area contributed by atoms with E-state index < -0.39 is 5.60 Å². The van der Waals surface area contributed by atoms with E-state index in [1.54, 1.807) is 35.0 Å². The van der Waals surface area contributed by atoms with Gasteiger partial charge in [-0.05, 0) is 31.0 Å². The Morgan fingerprint density at radius 2 is 2.13 bits per heavy atom. The zero-order valence-electron chi connectivity index (χ0n) is 12.8. The number of nitrogens with zero attached hydrogens (tertiary/aromatic N) is 4. The normalized spacial score (nSPS) is 24.5. The lowest BCUT2D eigenvalue weighted by molar-refractivity contribution is -0.00520. The molecule has 2 aliphatic heterocycles. The molecule has 0 radical (unpaired) electrons. The van der Waals surface area contributed by atoms with Crippen molar-refractivity contribution in [3.63, 3.8) is 0 Å². The number of carbonyl (C=O) groups is 2. The summed E-state index contributed by atoms with van der Waals surface area (Å²) in [6.45, 7) is 1.62. The number of amides is 2. The van der Waals surface area contributed by atoms with Gasteiger partial charge in [0, 0.05) is 19.2 Å². The number of rotatable bonds is 1. The van der Waals surface area contributed by atoms with Crippen LogP contribution in [0.4, 0.5) is 4.79 Å². The Hall–Kier alpha value is -2.64. The standard InChI is InChI=1S/C15H17N5O3/c1-19-8-15(23-14(19)22)5-2-6-20(9-15)13(21)10-3-4-11-12(7-10)17-18-16-11/h3-4,7H,2,5-6,8-9H2,1H3,(H,16,17,18). The first-order chi connectivity index (χ1) is 11.1. The number of nitrogens with one attached hydrogen (secondary N) is 1. The van der Waals surface area contributed by atoms with Gasteiger partial charge in [-0.15, -0.1) is 0 Å². The highest BCUT2D eigenvalue weighted by Crippen LogP contribution is 2.32. The quantitative estimate of drug-likeness (QED) is 0.848. The molecule has 1 unspecified atom stereocenters. The maximum atomic E-state index is 12.8. The maximum Gasteiger partial charge on any atom is 0.410 e. The van der Waals surface area contributed by atoms with Crippen molar-refractivity contribution in [2.24, 2.45) is 0 Å². The molecule has 0 saturated carbocycles. The van der Waals surface area contributed by atoms with Crippen molar-refractivity contribution < 1.29 is 14.3 Å². The number of carbonyl (C=O) groups excluding carboxylic acids is 2. The van der Waals surface area contributed by atoms with E-state index in [1.807, 2.05) is 0 Å². The number of benzene rings is 1. The number of fused-ring (bicyclic) bond motifs is 1. The zero-order valence-corrected chi connectivity index (χ0v) is 12.8. The van der Waals surface area contributed by atoms with Gasteiger partial charge in [-0.3, -0.25) is 4.79 Å². The third kappa shape index (κ3) is 2.30. The molecule has 2 aliphatic rings. The van der Waals surface area contributed by atoms with E-state index in [-0.39, 0.29) is 12.0 Å². The van der Waals surface area contributed by atoms with Crippen LogP contribution in [0.15, 0.2) is 18.2 Å². The fourth-order valence-electron chi connectivity index (χ4n) is 3.43. The van der Waals surface area contributed by atoms with E-state index in [1.165, 1.54) is 0 Å². The Kier molecular flexibility index (Phi) is 3.00. The van der Waals surface area contributed by atoms with Crippen molar-refractivity contribution >= 4 is 23.0 Å². The molecule has 120 valence electrons. The second-order valence-corrected chi connectivity index (χ2v) is 6.26. The third-order valence-electron chi connectivity index (χ3n) is 4.53. The number of hydrogen-bond acceptors (Lipinski definition) is 5. The number of aromatic nitrogens is 3. The Bertz CT molecular complexity index is 788. The van der Waals surface area contributed by atoms with Gasteiger partial charge in [0.2, 0.25) is 0 Å². The van der Waals surface area contributed by atoms with Gasteiger partial charge in [0.1, 0.15) is 16.6 Å². The minimum Gasteiger partial charge on any atom is -0.439 e. The van der Waals surface area contributed by atoms with Gasteiger partial charge >= 0.3 is 6.09 Å². The molecule has 1 aromatic carbocycles. The van der Waals surface area contributed by atoms with E-state index in [4.69, 9.17) is 4.74 Å². The molecule has 1 N–H and O–H groups in total. The third-order valence-corrected chi connectivity index (χ3v) is 4.53. The van der Waals surface area contributed by atoms with Gasteiger partial charge in [0.05, 0.1) is 13.1 Å². The summed E-state index contributed by atoms with van der Waals surface area (Å²) in [6, 6.07) is 5.26. The molecule has 4 rings (SSSR count). The van der Waals surface area contributed by atoms with Crippen LogP contribution in [-0.2, 0) is 4.74 Å². The van der Waals surface area contributed by atoms with E-state index >= 15 is 0 Å². The fraction of sp³-hybridized carbons (Fsp3) is 0.467. The highest BCUT2D eigenvalue weighted by atomic mass is 16.6. The summed E-state index contributed by atoms with van der Waals surface area (Å²) >= 11 is 0. The number of likely N-dealkylation sites (N-methyl/N-ethyl adjacent to an activating group) is 1. The van der Waals surface area contributed by atoms with Crippen molar-refractivity contribution in [3.05, 3.63) is 23.8 Å². The zero-order chi connectivity index (χ0) is 16.0. The molecule has 2 saturated heterocycles. The van der Waals surface area contributed by atoms with Crippen LogP contribution >= 0.6 is 0 Å². The van der Waals surface area contributed by atoms with Crippen LogP contribution in [0.1, 0.15) is 23.2 Å². The highest BCUT2D eigenvalue weighted by molar-refractivity contribution is 5.97. The van der Waals surface area contributed by atoms with E-state index in [9.17, 15) is 9.59 Å². The van der Waals surface area contributed by atoms with Crippen molar-refractivity contribution in [3.8, 4) is 0 Å². The fourth-order valence-corrected chi connectivity index (χ4v) is 3.43. The summed E-state index contributed by atoms with van der Waals surface area (Å²) in [5, 5.41) is 10.5. The van der Waals surface area contributed by atoms with Crippen LogP contribution in [0.25, 0.3) is 11.0 Å². The average Bonchev–Trinajstić information content (AvgIpc) is 3.11. The Morgan fingerprint density at radius 3 is 2.91 bits per heavy atom. The number of likely N-dealkylation sites (tertiary alicyclic amines) is 1. The van der Waals surface area contributed by atoms with Crippen LogP contribution in [0.5, 0.6) is 0 Å². The SMILES string of the molecule is CN1CC2(CCCN(C(=O)c3ccc4n[nH]nc4c3)C2)OC1=O. The molecule has 1 aromatic heterocycles. The number of H-pyrrole nitrogens is 1. The van der Waals surface area contributed by atoms with Crippen LogP contribution < -0.4 is 0 Å². The van der Waals surface area contributed by atoms with E-state index in [0.717, 1.165) is 18.4 Å². The second-order valence-electron chi connectivity index (χ2n) is 6.26. The molecule has 2 fully saturated rings. The van der Waals surface area contributed by atoms with Crippen molar-refractivity contribution in [1.29, 1.82) is 0 Å². The van der Waals surface area contributed by atoms with Crippen LogP contribution in [0.2, 0.25) is 0 Å². The first-order valence-electron chi connectivity index (χ1n) is 7.60. The first-order valence-corrected chi connectivity index (χ1v) is 7.60. The van der Waals surface area contributed by atoms with Gasteiger partial charge in [0.25, 0.3) is 5.91 Å². The van der Waals surface area contributed by atoms with Crippen molar-refractivity contribution in [2.75, 3.05) is 26.7 Å². The summed E-state index contributed by atoms with van der Waals surface area (Å²) in [5.74, 6) is -0.0698. The molecular formula is C15H17N5O3. The van der Waals surface area contributed by atoms with E-state index in [0.29, 0.717) is 30.7 Å². The minimum absolute atomic E-state index is 0.0698. The monoisotopic (exact) mass is 315 g/mol. The summed E-state index contributed by atoms with van der Waals surface area (Å²) in [5.41, 5.74) is 1.39. The lowest BCUT2D eigenvalue weighted by Gasteiger charge is -2.38. The smallest absolute Gasteiger partial charge is 0.410 e. The topological polar surface area (TPSA) is 91.4 Å². The number of ether oxygens (including phenoxy) is 1. The average molecular weight is 315 g/mol. The summed E-state index contributed by atoms with van der Waals surface area (Å²) in [7, 11) is 1.72. The first kappa shape index (κ1) is 14.0. The molecule has 23 heavy (non-hydrogen) atoms. The molecule has 0 aliphatic carbocycles. The number of aromatic amines is 1. The maximum absolute atomic E-state index is 12.8. The number of piperidine rings is 1. The van der Waals surface area contributed by atoms with Gasteiger partial charge in [-0.25, -0.2) is 4.79 Å². The molecule has 3 heterocycles. The molecule has 1 spiro atoms. The van der Waals surface area contributed by atoms with Gasteiger partial charge in [0.15, 0.2) is 0 Å². The molecule has 2 amide bonds. The van der Waals surface area contributed by atoms with Gasteiger partial charge in [-0.1, -0.05) is 0 Å². The summed E-state index contributed by atoms with van der Waals surface area (Å²) < 4.78 is 5.54. The van der Waals surface area contributed by atoms with Crippen molar-refractivity contribution in [2.45, 2.75) is 18.4 Å². The lowest BCUT2D eigenvalue weighted by atomic mass is 9.92. The molecule has 2 aromatic rings. The van der Waals surface area contributed by atoms with Crippen LogP contribution in [-0.4, -0.2) is 69.5 Å². The predicted octanol–water partition coefficient (Wildman–Crippen LogP) is 1.01. The van der Waals surface area contributed by atoms with E-state index in [2.05, 4.69) is 15.4 Å². The molecule has 1 atom stereocenters. The molecule has 8 nitrogen and oxygen atoms in total.